The van der Waals surface area contributed by atoms with Crippen molar-refractivity contribution in [1.82, 2.24) is 24.9 Å². The molecule has 5 aromatic rings. The molecule has 0 fully saturated rings. The van der Waals surface area contributed by atoms with Gasteiger partial charge in [0.1, 0.15) is 11.4 Å². The van der Waals surface area contributed by atoms with Gasteiger partial charge >= 0.3 is 11.9 Å². The summed E-state index contributed by atoms with van der Waals surface area (Å²) in [5.74, 6) is -0.687. The van der Waals surface area contributed by atoms with Gasteiger partial charge in [-0.05, 0) is 139 Å². The van der Waals surface area contributed by atoms with Gasteiger partial charge in [0.25, 0.3) is 0 Å². The Balaban J connectivity index is 1.60. The van der Waals surface area contributed by atoms with Crippen LogP contribution in [0, 0.1) is 69.2 Å². The summed E-state index contributed by atoms with van der Waals surface area (Å²) in [6.45, 7) is 24.9. The maximum Gasteiger partial charge on any atom is 0.355 e. The Morgan fingerprint density at radius 1 is 0.378 bits per heavy atom. The van der Waals surface area contributed by atoms with Gasteiger partial charge in [-0.3, -0.25) is 0 Å². The summed E-state index contributed by atoms with van der Waals surface area (Å²) in [5, 5.41) is 0. The number of carbonyl (C=O) groups excluding carboxylic acids is 2. The second-order valence-electron chi connectivity index (χ2n) is 12.1. The lowest BCUT2D eigenvalue weighted by Gasteiger charge is -2.02. The van der Waals surface area contributed by atoms with E-state index in [1.165, 1.54) is 0 Å². The van der Waals surface area contributed by atoms with E-state index in [0.717, 1.165) is 101 Å². The van der Waals surface area contributed by atoms with Crippen LogP contribution < -0.4 is 0 Å². The normalized spacial score (nSPS) is 11.5. The van der Waals surface area contributed by atoms with Crippen LogP contribution in [0.15, 0.2) is 0 Å². The number of nitrogens with one attached hydrogen (secondary N) is 5. The van der Waals surface area contributed by atoms with Crippen molar-refractivity contribution in [2.75, 3.05) is 13.2 Å². The average molecular weight is 612 g/mol. The first-order valence-corrected chi connectivity index (χ1v) is 15.6. The Morgan fingerprint density at radius 2 is 0.578 bits per heavy atom. The molecule has 0 aliphatic heterocycles. The zero-order valence-electron chi connectivity index (χ0n) is 28.5. The number of ether oxygens (including phenoxy) is 2. The second-order valence-corrected chi connectivity index (χ2v) is 12.1. The number of aromatic nitrogens is 5. The minimum atomic E-state index is -0.344. The number of esters is 2. The largest absolute Gasteiger partial charge is 0.461 e. The highest BCUT2D eigenvalue weighted by Gasteiger charge is 2.27. The van der Waals surface area contributed by atoms with Crippen LogP contribution in [0.5, 0.6) is 0 Å². The Labute approximate surface area is 264 Å². The van der Waals surface area contributed by atoms with Crippen molar-refractivity contribution in [2.24, 2.45) is 0 Å². The van der Waals surface area contributed by atoms with Crippen molar-refractivity contribution in [1.29, 1.82) is 0 Å². The molecule has 0 spiro atoms. The quantitative estimate of drug-likeness (QED) is 0.113. The fraction of sp³-hybridized carbons (Fsp3) is 0.389. The lowest BCUT2D eigenvalue weighted by Crippen LogP contribution is -2.06. The minimum absolute atomic E-state index is 0.324. The molecule has 0 aliphatic carbocycles. The van der Waals surface area contributed by atoms with Gasteiger partial charge in [0.15, 0.2) is 0 Å². The number of rotatable bonds is 8. The van der Waals surface area contributed by atoms with Crippen molar-refractivity contribution in [3.8, 4) is 45.6 Å². The molecule has 0 aromatic carbocycles. The first-order valence-electron chi connectivity index (χ1n) is 15.6. The average Bonchev–Trinajstić information content (AvgIpc) is 3.74. The molecule has 5 rings (SSSR count). The summed E-state index contributed by atoms with van der Waals surface area (Å²) >= 11 is 0. The summed E-state index contributed by atoms with van der Waals surface area (Å²) < 4.78 is 10.6. The molecule has 5 aromatic heterocycles. The van der Waals surface area contributed by atoms with E-state index in [1.807, 2.05) is 41.5 Å². The zero-order valence-corrected chi connectivity index (χ0v) is 28.5. The van der Waals surface area contributed by atoms with Crippen LogP contribution in [0.25, 0.3) is 45.6 Å². The Bertz CT molecular complexity index is 1830. The molecule has 0 amide bonds. The van der Waals surface area contributed by atoms with Gasteiger partial charge in [-0.15, -0.1) is 0 Å². The van der Waals surface area contributed by atoms with E-state index in [9.17, 15) is 9.59 Å². The molecule has 0 unspecified atom stereocenters. The molecular weight excluding hydrogens is 566 g/mol. The predicted molar refractivity (Wildman–Crippen MR) is 179 cm³/mol. The van der Waals surface area contributed by atoms with E-state index >= 15 is 0 Å². The summed E-state index contributed by atoms with van der Waals surface area (Å²) in [7, 11) is 0. The maximum atomic E-state index is 12.6. The molecule has 0 bridgehead atoms. The van der Waals surface area contributed by atoms with Crippen molar-refractivity contribution in [2.45, 2.75) is 83.1 Å². The van der Waals surface area contributed by atoms with Crippen LogP contribution >= 0.6 is 0 Å². The van der Waals surface area contributed by atoms with Crippen molar-refractivity contribution in [3.05, 3.63) is 67.0 Å². The molecule has 0 saturated heterocycles. The number of hydrogen-bond donors (Lipinski definition) is 5. The van der Waals surface area contributed by atoms with Gasteiger partial charge in [0.05, 0.1) is 58.8 Å². The lowest BCUT2D eigenvalue weighted by atomic mass is 10.0. The molecule has 9 nitrogen and oxygen atoms in total. The predicted octanol–water partition coefficient (Wildman–Crippen LogP) is 8.43. The van der Waals surface area contributed by atoms with E-state index in [0.29, 0.717) is 24.6 Å². The highest BCUT2D eigenvalue weighted by molar-refractivity contribution is 5.93. The third kappa shape index (κ3) is 4.94. The topological polar surface area (TPSA) is 132 Å². The molecule has 0 atom stereocenters. The summed E-state index contributed by atoms with van der Waals surface area (Å²) in [6.07, 6.45) is 0. The molecule has 9 heteroatoms. The molecular formula is C36H45N5O4. The summed E-state index contributed by atoms with van der Waals surface area (Å²) in [4.78, 5) is 43.0. The van der Waals surface area contributed by atoms with Crippen LogP contribution in [-0.2, 0) is 9.47 Å². The fourth-order valence-electron chi connectivity index (χ4n) is 6.25. The van der Waals surface area contributed by atoms with Crippen LogP contribution in [0.3, 0.4) is 0 Å². The lowest BCUT2D eigenvalue weighted by molar-refractivity contribution is 0.0510. The SMILES string of the molecule is CCOC(=O)c1[nH]c(-c2[nH]c(-c3[nH]c(-c4[nH]c(-c5[nH]c(C(=O)OCC)c(C)c5C)c(C)c4C)c(C)c3C)c(C)c2C)c(C)c1C. The standard InChI is InChI=1S/C36H45N5O4/c1-13-44-35(42)33-23(11)21(9)31(40-33)29-19(7)17(5)27(38-29)25-15(3)16(4)26(37-25)28-18(6)20(8)30(39-28)32-22(10)24(12)34(41-32)36(43)45-14-2/h37-41H,13-14H2,1-12H3. The smallest absolute Gasteiger partial charge is 0.355 e. The van der Waals surface area contributed by atoms with Gasteiger partial charge in [-0.25, -0.2) is 9.59 Å². The second kappa shape index (κ2) is 11.7. The fourth-order valence-corrected chi connectivity index (χ4v) is 6.25. The van der Waals surface area contributed by atoms with E-state index < -0.39 is 0 Å². The van der Waals surface area contributed by atoms with Gasteiger partial charge in [0.2, 0.25) is 0 Å². The first kappa shape index (κ1) is 31.8. The first-order chi connectivity index (χ1) is 21.2. The Morgan fingerprint density at radius 3 is 0.800 bits per heavy atom. The number of carbonyl (C=O) groups is 2. The Kier molecular flexibility index (Phi) is 8.25. The molecule has 0 aliphatic rings. The van der Waals surface area contributed by atoms with Crippen molar-refractivity contribution < 1.29 is 19.1 Å². The number of hydrogen-bond acceptors (Lipinski definition) is 4. The van der Waals surface area contributed by atoms with Gasteiger partial charge < -0.3 is 34.4 Å². The van der Waals surface area contributed by atoms with Crippen LogP contribution in [0.4, 0.5) is 0 Å². The molecule has 5 N–H and O–H groups in total. The van der Waals surface area contributed by atoms with E-state index in [2.05, 4.69) is 66.5 Å². The number of aromatic amines is 5. The highest BCUT2D eigenvalue weighted by Crippen LogP contribution is 2.41. The monoisotopic (exact) mass is 611 g/mol. The molecule has 5 heterocycles. The molecule has 238 valence electrons. The van der Waals surface area contributed by atoms with Crippen LogP contribution in [0.2, 0.25) is 0 Å². The zero-order chi connectivity index (χ0) is 33.1. The van der Waals surface area contributed by atoms with E-state index in [4.69, 9.17) is 9.47 Å². The Hall–Kier alpha value is -4.66. The number of H-pyrrole nitrogens is 5. The summed E-state index contributed by atoms with van der Waals surface area (Å²) in [5.41, 5.74) is 19.3. The van der Waals surface area contributed by atoms with E-state index in [1.54, 1.807) is 0 Å². The maximum absolute atomic E-state index is 12.6. The van der Waals surface area contributed by atoms with Crippen molar-refractivity contribution in [3.63, 3.8) is 0 Å². The molecule has 0 radical (unpaired) electrons. The van der Waals surface area contributed by atoms with Crippen molar-refractivity contribution >= 4 is 11.9 Å². The van der Waals surface area contributed by atoms with Gasteiger partial charge in [-0.1, -0.05) is 0 Å². The minimum Gasteiger partial charge on any atom is -0.461 e. The third-order valence-corrected chi connectivity index (χ3v) is 9.77. The molecule has 0 saturated carbocycles. The van der Waals surface area contributed by atoms with Crippen LogP contribution in [-0.4, -0.2) is 50.1 Å². The third-order valence-electron chi connectivity index (χ3n) is 9.77. The van der Waals surface area contributed by atoms with E-state index in [-0.39, 0.29) is 11.9 Å². The summed E-state index contributed by atoms with van der Waals surface area (Å²) in [6, 6.07) is 0. The van der Waals surface area contributed by atoms with Crippen LogP contribution in [0.1, 0.15) is 90.5 Å². The highest BCUT2D eigenvalue weighted by atomic mass is 16.5. The molecule has 45 heavy (non-hydrogen) atoms. The van der Waals surface area contributed by atoms with Gasteiger partial charge in [-0.2, -0.15) is 0 Å². The van der Waals surface area contributed by atoms with Gasteiger partial charge in [0, 0.05) is 0 Å².